The third-order valence-electron chi connectivity index (χ3n) is 3.04. The summed E-state index contributed by atoms with van der Waals surface area (Å²) in [5.41, 5.74) is 13.7. The zero-order chi connectivity index (χ0) is 10.8. The van der Waals surface area contributed by atoms with Gasteiger partial charge >= 0.3 is 0 Å². The summed E-state index contributed by atoms with van der Waals surface area (Å²) >= 11 is 0. The molecular formula is C11H17N3O. The van der Waals surface area contributed by atoms with E-state index in [2.05, 4.69) is 10.6 Å². The maximum atomic E-state index is 10.7. The van der Waals surface area contributed by atoms with E-state index in [-0.39, 0.29) is 11.9 Å². The molecule has 4 heteroatoms. The standard InChI is InChI=1S/C11H17N3O/c12-9-2-1-3-10-8(9)4-6-14(10)7-5-11(13)15/h4,6,9H,1-3,5,7,12H2,(H2,13,15). The summed E-state index contributed by atoms with van der Waals surface area (Å²) < 4.78 is 2.11. The minimum Gasteiger partial charge on any atom is -0.370 e. The molecule has 1 aliphatic rings. The number of nitrogens with zero attached hydrogens (tertiary/aromatic N) is 1. The van der Waals surface area contributed by atoms with E-state index in [9.17, 15) is 4.79 Å². The van der Waals surface area contributed by atoms with Crippen LogP contribution in [0.15, 0.2) is 12.3 Å². The Labute approximate surface area is 89.2 Å². The second kappa shape index (κ2) is 4.06. The zero-order valence-electron chi connectivity index (χ0n) is 8.78. The van der Waals surface area contributed by atoms with Crippen LogP contribution in [0.25, 0.3) is 0 Å². The molecule has 82 valence electrons. The van der Waals surface area contributed by atoms with Crippen LogP contribution in [0.1, 0.15) is 36.6 Å². The zero-order valence-corrected chi connectivity index (χ0v) is 8.78. The predicted molar refractivity (Wildman–Crippen MR) is 58.1 cm³/mol. The first kappa shape index (κ1) is 10.2. The number of amides is 1. The molecule has 1 atom stereocenters. The summed E-state index contributed by atoms with van der Waals surface area (Å²) in [6, 6.07) is 2.24. The monoisotopic (exact) mass is 207 g/mol. The Morgan fingerprint density at radius 2 is 2.40 bits per heavy atom. The first-order chi connectivity index (χ1) is 7.18. The molecule has 15 heavy (non-hydrogen) atoms. The number of carbonyl (C=O) groups is 1. The largest absolute Gasteiger partial charge is 0.370 e. The van der Waals surface area contributed by atoms with Gasteiger partial charge in [0.2, 0.25) is 5.91 Å². The van der Waals surface area contributed by atoms with Crippen LogP contribution in [0.2, 0.25) is 0 Å². The van der Waals surface area contributed by atoms with Crippen molar-refractivity contribution in [1.82, 2.24) is 4.57 Å². The van der Waals surface area contributed by atoms with E-state index < -0.39 is 0 Å². The van der Waals surface area contributed by atoms with E-state index in [1.807, 2.05) is 6.20 Å². The minimum atomic E-state index is -0.252. The average Bonchev–Trinajstić information content (AvgIpc) is 2.59. The molecule has 0 aliphatic heterocycles. The summed E-state index contributed by atoms with van der Waals surface area (Å²) in [6.45, 7) is 0.678. The molecular weight excluding hydrogens is 190 g/mol. The predicted octanol–water partition coefficient (Wildman–Crippen LogP) is 0.700. The van der Waals surface area contributed by atoms with E-state index in [0.29, 0.717) is 13.0 Å². The highest BCUT2D eigenvalue weighted by Crippen LogP contribution is 2.28. The lowest BCUT2D eigenvalue weighted by molar-refractivity contribution is -0.118. The van der Waals surface area contributed by atoms with Gasteiger partial charge in [-0.1, -0.05) is 0 Å². The third-order valence-corrected chi connectivity index (χ3v) is 3.04. The number of nitrogens with two attached hydrogens (primary N) is 2. The van der Waals surface area contributed by atoms with E-state index in [0.717, 1.165) is 19.3 Å². The lowest BCUT2D eigenvalue weighted by Crippen LogP contribution is -2.19. The molecule has 0 aromatic carbocycles. The summed E-state index contributed by atoms with van der Waals surface area (Å²) in [5, 5.41) is 0. The Kier molecular flexibility index (Phi) is 2.77. The molecule has 0 fully saturated rings. The van der Waals surface area contributed by atoms with Gasteiger partial charge in [0.05, 0.1) is 0 Å². The Bertz CT molecular complexity index is 370. The van der Waals surface area contributed by atoms with Crippen molar-refractivity contribution >= 4 is 5.91 Å². The van der Waals surface area contributed by atoms with Gasteiger partial charge in [0.1, 0.15) is 0 Å². The van der Waals surface area contributed by atoms with Gasteiger partial charge in [0.15, 0.2) is 0 Å². The highest BCUT2D eigenvalue weighted by atomic mass is 16.1. The highest BCUT2D eigenvalue weighted by molar-refractivity contribution is 5.73. The molecule has 4 nitrogen and oxygen atoms in total. The SMILES string of the molecule is NC(=O)CCn1ccc2c1CCCC2N. The quantitative estimate of drug-likeness (QED) is 0.765. The molecule has 0 bridgehead atoms. The summed E-state index contributed by atoms with van der Waals surface area (Å²) in [5.74, 6) is -0.252. The molecule has 2 rings (SSSR count). The summed E-state index contributed by atoms with van der Waals surface area (Å²) in [7, 11) is 0. The Balaban J connectivity index is 2.16. The number of hydrogen-bond donors (Lipinski definition) is 2. The van der Waals surface area contributed by atoms with Gasteiger partial charge in [-0.05, 0) is 30.9 Å². The number of fused-ring (bicyclic) bond motifs is 1. The van der Waals surface area contributed by atoms with Crippen LogP contribution in [-0.4, -0.2) is 10.5 Å². The van der Waals surface area contributed by atoms with Crippen LogP contribution in [0, 0.1) is 0 Å². The van der Waals surface area contributed by atoms with Gasteiger partial charge < -0.3 is 16.0 Å². The first-order valence-corrected chi connectivity index (χ1v) is 5.40. The van der Waals surface area contributed by atoms with Crippen LogP contribution in [0.4, 0.5) is 0 Å². The van der Waals surface area contributed by atoms with Crippen molar-refractivity contribution in [2.75, 3.05) is 0 Å². The molecule has 1 aromatic heterocycles. The molecule has 1 amide bonds. The van der Waals surface area contributed by atoms with Gasteiger partial charge in [-0.3, -0.25) is 4.79 Å². The van der Waals surface area contributed by atoms with Crippen LogP contribution in [0.3, 0.4) is 0 Å². The average molecular weight is 207 g/mol. The number of primary amides is 1. The normalized spacial score (nSPS) is 19.9. The highest BCUT2D eigenvalue weighted by Gasteiger charge is 2.19. The third kappa shape index (κ3) is 2.04. The smallest absolute Gasteiger partial charge is 0.219 e. The van der Waals surface area contributed by atoms with Gasteiger partial charge in [-0.15, -0.1) is 0 Å². The minimum absolute atomic E-state index is 0.170. The molecule has 1 aromatic rings. The topological polar surface area (TPSA) is 74.0 Å². The fourth-order valence-corrected chi connectivity index (χ4v) is 2.23. The van der Waals surface area contributed by atoms with Crippen molar-refractivity contribution < 1.29 is 4.79 Å². The molecule has 0 radical (unpaired) electrons. The Morgan fingerprint density at radius 1 is 1.60 bits per heavy atom. The summed E-state index contributed by atoms with van der Waals surface area (Å²) in [6.07, 6.45) is 5.67. The van der Waals surface area contributed by atoms with Crippen LogP contribution in [-0.2, 0) is 17.8 Å². The van der Waals surface area contributed by atoms with E-state index in [1.54, 1.807) is 0 Å². The first-order valence-electron chi connectivity index (χ1n) is 5.40. The molecule has 1 unspecified atom stereocenters. The van der Waals surface area contributed by atoms with E-state index in [1.165, 1.54) is 11.3 Å². The van der Waals surface area contributed by atoms with Crippen molar-refractivity contribution in [2.45, 2.75) is 38.3 Å². The van der Waals surface area contributed by atoms with Gasteiger partial charge in [0, 0.05) is 30.9 Å². The van der Waals surface area contributed by atoms with Crippen molar-refractivity contribution in [1.29, 1.82) is 0 Å². The van der Waals surface area contributed by atoms with Gasteiger partial charge in [0.25, 0.3) is 0 Å². The summed E-state index contributed by atoms with van der Waals surface area (Å²) in [4.78, 5) is 10.7. The maximum absolute atomic E-state index is 10.7. The van der Waals surface area contributed by atoms with Crippen LogP contribution < -0.4 is 11.5 Å². The molecule has 0 saturated carbocycles. The van der Waals surface area contributed by atoms with Crippen molar-refractivity contribution in [2.24, 2.45) is 11.5 Å². The second-order valence-corrected chi connectivity index (χ2v) is 4.13. The fourth-order valence-electron chi connectivity index (χ4n) is 2.23. The number of aryl methyl sites for hydroxylation is 1. The number of carbonyl (C=O) groups excluding carboxylic acids is 1. The lowest BCUT2D eigenvalue weighted by Gasteiger charge is -2.20. The maximum Gasteiger partial charge on any atom is 0.219 e. The van der Waals surface area contributed by atoms with Gasteiger partial charge in [-0.2, -0.15) is 0 Å². The fraction of sp³-hybridized carbons (Fsp3) is 0.545. The van der Waals surface area contributed by atoms with Crippen molar-refractivity contribution in [3.8, 4) is 0 Å². The molecule has 0 spiro atoms. The second-order valence-electron chi connectivity index (χ2n) is 4.13. The Morgan fingerprint density at radius 3 is 3.13 bits per heavy atom. The van der Waals surface area contributed by atoms with Crippen molar-refractivity contribution in [3.05, 3.63) is 23.5 Å². The van der Waals surface area contributed by atoms with Crippen LogP contribution in [0.5, 0.6) is 0 Å². The molecule has 1 aliphatic carbocycles. The lowest BCUT2D eigenvalue weighted by atomic mass is 9.94. The molecule has 0 saturated heterocycles. The number of aromatic nitrogens is 1. The van der Waals surface area contributed by atoms with E-state index in [4.69, 9.17) is 11.5 Å². The Hall–Kier alpha value is -1.29. The van der Waals surface area contributed by atoms with Crippen LogP contribution >= 0.6 is 0 Å². The van der Waals surface area contributed by atoms with Gasteiger partial charge in [-0.25, -0.2) is 0 Å². The molecule has 4 N–H and O–H groups in total. The molecule has 1 heterocycles. The van der Waals surface area contributed by atoms with Crippen molar-refractivity contribution in [3.63, 3.8) is 0 Å². The number of rotatable bonds is 3. The number of hydrogen-bond acceptors (Lipinski definition) is 2. The van der Waals surface area contributed by atoms with E-state index >= 15 is 0 Å².